The molecule has 1 heterocycles. The summed E-state index contributed by atoms with van der Waals surface area (Å²) in [5.41, 5.74) is 2.04. The van der Waals surface area contributed by atoms with Gasteiger partial charge < -0.3 is 10.1 Å². The van der Waals surface area contributed by atoms with Crippen LogP contribution in [0.15, 0.2) is 42.6 Å². The van der Waals surface area contributed by atoms with Crippen molar-refractivity contribution in [2.24, 2.45) is 0 Å². The van der Waals surface area contributed by atoms with Crippen LogP contribution in [0.2, 0.25) is 0 Å². The molecule has 2 aromatic rings. The predicted octanol–water partition coefficient (Wildman–Crippen LogP) is 3.20. The molecule has 0 saturated heterocycles. The number of amides is 1. The summed E-state index contributed by atoms with van der Waals surface area (Å²) in [4.78, 5) is 15.1. The molecular weight excluding hydrogens is 295 g/mol. The van der Waals surface area contributed by atoms with Gasteiger partial charge in [0.15, 0.2) is 0 Å². The second-order valence-corrected chi connectivity index (χ2v) is 4.87. The van der Waals surface area contributed by atoms with Crippen molar-refractivity contribution < 1.29 is 13.9 Å². The summed E-state index contributed by atoms with van der Waals surface area (Å²) >= 11 is 0. The first-order chi connectivity index (χ1) is 11.1. The first-order valence-corrected chi connectivity index (χ1v) is 7.21. The number of carbonyl (C=O) groups excluding carboxylic acids is 1. The molecule has 1 aromatic heterocycles. The second-order valence-electron chi connectivity index (χ2n) is 4.87. The summed E-state index contributed by atoms with van der Waals surface area (Å²) in [6.07, 6.45) is 1.38. The number of carbonyl (C=O) groups is 1. The number of pyridine rings is 1. The molecule has 0 aliphatic rings. The zero-order chi connectivity index (χ0) is 16.5. The highest BCUT2D eigenvalue weighted by Gasteiger charge is 2.01. The van der Waals surface area contributed by atoms with Crippen molar-refractivity contribution in [3.8, 4) is 11.8 Å². The van der Waals surface area contributed by atoms with Crippen molar-refractivity contribution in [1.82, 2.24) is 10.3 Å². The molecule has 0 aliphatic heterocycles. The number of alkyl carbamates (subject to hydrolysis) is 1. The van der Waals surface area contributed by atoms with E-state index in [9.17, 15) is 9.18 Å². The fourth-order valence-corrected chi connectivity index (χ4v) is 1.79. The Morgan fingerprint density at radius 3 is 2.87 bits per heavy atom. The molecule has 0 saturated carbocycles. The Balaban J connectivity index is 1.68. The average Bonchev–Trinajstić information content (AvgIpc) is 2.57. The Labute approximate surface area is 134 Å². The number of hydrogen-bond acceptors (Lipinski definition) is 3. The third-order valence-electron chi connectivity index (χ3n) is 2.98. The van der Waals surface area contributed by atoms with E-state index in [4.69, 9.17) is 4.74 Å². The third-order valence-corrected chi connectivity index (χ3v) is 2.98. The predicted molar refractivity (Wildman–Crippen MR) is 85.1 cm³/mol. The van der Waals surface area contributed by atoms with E-state index >= 15 is 0 Å². The van der Waals surface area contributed by atoms with Gasteiger partial charge in [-0.25, -0.2) is 9.78 Å². The van der Waals surface area contributed by atoms with E-state index < -0.39 is 12.0 Å². The Kier molecular flexibility index (Phi) is 6.13. The maximum atomic E-state index is 13.0. The number of hydrogen-bond donors (Lipinski definition) is 1. The summed E-state index contributed by atoms with van der Waals surface area (Å²) in [6, 6.07) is 11.1. The smallest absolute Gasteiger partial charge is 0.407 e. The SMILES string of the molecule is Cc1cc(C#CCCNC(=O)OCc2ccccc2)cnc1F. The monoisotopic (exact) mass is 312 g/mol. The Morgan fingerprint density at radius 1 is 1.35 bits per heavy atom. The maximum absolute atomic E-state index is 13.0. The number of nitrogens with one attached hydrogen (secondary N) is 1. The highest BCUT2D eigenvalue weighted by molar-refractivity contribution is 5.67. The lowest BCUT2D eigenvalue weighted by Gasteiger charge is -2.05. The highest BCUT2D eigenvalue weighted by atomic mass is 19.1. The number of benzene rings is 1. The first kappa shape index (κ1) is 16.5. The van der Waals surface area contributed by atoms with Crippen LogP contribution in [-0.2, 0) is 11.3 Å². The molecule has 0 radical (unpaired) electrons. The Bertz CT molecular complexity index is 721. The lowest BCUT2D eigenvalue weighted by Crippen LogP contribution is -2.24. The van der Waals surface area contributed by atoms with E-state index in [2.05, 4.69) is 22.1 Å². The minimum atomic E-state index is -0.488. The van der Waals surface area contributed by atoms with Gasteiger partial charge >= 0.3 is 6.09 Å². The topological polar surface area (TPSA) is 51.2 Å². The molecule has 0 spiro atoms. The van der Waals surface area contributed by atoms with Crippen LogP contribution in [0.1, 0.15) is 23.1 Å². The first-order valence-electron chi connectivity index (χ1n) is 7.21. The number of ether oxygens (including phenoxy) is 1. The summed E-state index contributed by atoms with van der Waals surface area (Å²) in [5, 5.41) is 2.62. The summed E-state index contributed by atoms with van der Waals surface area (Å²) in [7, 11) is 0. The van der Waals surface area contributed by atoms with E-state index in [1.807, 2.05) is 30.3 Å². The van der Waals surface area contributed by atoms with Gasteiger partial charge in [0.05, 0.1) is 0 Å². The lowest BCUT2D eigenvalue weighted by molar-refractivity contribution is 0.140. The maximum Gasteiger partial charge on any atom is 0.407 e. The molecule has 1 amide bonds. The van der Waals surface area contributed by atoms with Gasteiger partial charge in [-0.05, 0) is 18.6 Å². The van der Waals surface area contributed by atoms with Gasteiger partial charge in [0.25, 0.3) is 0 Å². The zero-order valence-electron chi connectivity index (χ0n) is 12.8. The molecule has 0 atom stereocenters. The van der Waals surface area contributed by atoms with E-state index in [0.717, 1.165) is 5.56 Å². The largest absolute Gasteiger partial charge is 0.445 e. The number of halogens is 1. The van der Waals surface area contributed by atoms with Gasteiger partial charge in [-0.15, -0.1) is 0 Å². The molecule has 0 aliphatic carbocycles. The molecule has 0 fully saturated rings. The van der Waals surface area contributed by atoms with Gasteiger partial charge in [-0.1, -0.05) is 42.2 Å². The van der Waals surface area contributed by atoms with Gasteiger partial charge in [0.1, 0.15) is 6.61 Å². The number of aryl methyl sites for hydroxylation is 1. The van der Waals surface area contributed by atoms with Crippen molar-refractivity contribution in [3.63, 3.8) is 0 Å². The quantitative estimate of drug-likeness (QED) is 0.536. The van der Waals surface area contributed by atoms with Crippen molar-refractivity contribution in [1.29, 1.82) is 0 Å². The normalized spacial score (nSPS) is 9.65. The fourth-order valence-electron chi connectivity index (χ4n) is 1.79. The average molecular weight is 312 g/mol. The lowest BCUT2D eigenvalue weighted by atomic mass is 10.2. The van der Waals surface area contributed by atoms with Gasteiger partial charge in [-0.2, -0.15) is 4.39 Å². The van der Waals surface area contributed by atoms with Crippen LogP contribution < -0.4 is 5.32 Å². The minimum Gasteiger partial charge on any atom is -0.445 e. The third kappa shape index (κ3) is 5.79. The molecule has 1 aromatic carbocycles. The van der Waals surface area contributed by atoms with E-state index in [0.29, 0.717) is 24.1 Å². The molecule has 118 valence electrons. The molecular formula is C18H17FN2O2. The van der Waals surface area contributed by atoms with Gasteiger partial charge in [0.2, 0.25) is 5.95 Å². The van der Waals surface area contributed by atoms with Crippen molar-refractivity contribution in [2.75, 3.05) is 6.54 Å². The van der Waals surface area contributed by atoms with Gasteiger partial charge in [-0.3, -0.25) is 0 Å². The zero-order valence-corrected chi connectivity index (χ0v) is 12.8. The molecule has 4 nitrogen and oxygen atoms in total. The fraction of sp³-hybridized carbons (Fsp3) is 0.222. The van der Waals surface area contributed by atoms with E-state index in [-0.39, 0.29) is 6.61 Å². The van der Waals surface area contributed by atoms with Gasteiger partial charge in [0, 0.05) is 30.3 Å². The summed E-state index contributed by atoms with van der Waals surface area (Å²) < 4.78 is 18.1. The van der Waals surface area contributed by atoms with Crippen LogP contribution in [0.4, 0.5) is 9.18 Å². The van der Waals surface area contributed by atoms with Crippen LogP contribution in [0.25, 0.3) is 0 Å². The van der Waals surface area contributed by atoms with Crippen molar-refractivity contribution >= 4 is 6.09 Å². The van der Waals surface area contributed by atoms with Crippen LogP contribution in [-0.4, -0.2) is 17.6 Å². The molecule has 0 unspecified atom stereocenters. The summed E-state index contributed by atoms with van der Waals surface area (Å²) in [6.45, 7) is 2.25. The Morgan fingerprint density at radius 2 is 2.13 bits per heavy atom. The van der Waals surface area contributed by atoms with Crippen molar-refractivity contribution in [3.05, 3.63) is 65.2 Å². The number of aromatic nitrogens is 1. The van der Waals surface area contributed by atoms with E-state index in [1.54, 1.807) is 13.0 Å². The number of rotatable bonds is 4. The number of nitrogens with zero attached hydrogens (tertiary/aromatic N) is 1. The van der Waals surface area contributed by atoms with Crippen LogP contribution in [0.5, 0.6) is 0 Å². The van der Waals surface area contributed by atoms with Crippen molar-refractivity contribution in [2.45, 2.75) is 20.0 Å². The molecule has 23 heavy (non-hydrogen) atoms. The molecule has 0 bridgehead atoms. The standard InChI is InChI=1S/C18H17FN2O2/c1-14-11-16(12-21-17(14)19)9-5-6-10-20-18(22)23-13-15-7-3-2-4-8-15/h2-4,7-8,11-12H,6,10,13H2,1H3,(H,20,22). The van der Waals surface area contributed by atoms with E-state index in [1.165, 1.54) is 6.20 Å². The minimum absolute atomic E-state index is 0.235. The molecule has 2 rings (SSSR count). The Hall–Kier alpha value is -2.87. The molecule has 1 N–H and O–H groups in total. The second kappa shape index (κ2) is 8.54. The van der Waals surface area contributed by atoms with Crippen LogP contribution in [0, 0.1) is 24.7 Å². The summed E-state index contributed by atoms with van der Waals surface area (Å²) in [5.74, 6) is 5.28. The highest BCUT2D eigenvalue weighted by Crippen LogP contribution is 2.04. The van der Waals surface area contributed by atoms with Crippen LogP contribution in [0.3, 0.4) is 0 Å². The molecule has 5 heteroatoms. The van der Waals surface area contributed by atoms with Crippen LogP contribution >= 0.6 is 0 Å².